The molecule has 0 saturated carbocycles. The van der Waals surface area contributed by atoms with E-state index in [1.165, 1.54) is 0 Å². The van der Waals surface area contributed by atoms with Crippen molar-refractivity contribution in [1.29, 1.82) is 0 Å². The van der Waals surface area contributed by atoms with E-state index in [0.29, 0.717) is 24.6 Å². The Kier molecular flexibility index (Phi) is 4.65. The molecule has 0 spiro atoms. The molecule has 0 aliphatic heterocycles. The van der Waals surface area contributed by atoms with Crippen LogP contribution >= 0.6 is 0 Å². The van der Waals surface area contributed by atoms with Gasteiger partial charge in [-0.3, -0.25) is 4.79 Å². The molecule has 2 rings (SSSR count). The summed E-state index contributed by atoms with van der Waals surface area (Å²) in [6, 6.07) is 10.6. The molecule has 3 N–H and O–H groups in total. The smallest absolute Gasteiger partial charge is 0.287 e. The minimum atomic E-state index is -0.231. The van der Waals surface area contributed by atoms with Gasteiger partial charge < -0.3 is 20.2 Å². The summed E-state index contributed by atoms with van der Waals surface area (Å²) in [5.74, 6) is 1.62. The van der Waals surface area contributed by atoms with Crippen LogP contribution in [0.4, 0.5) is 5.69 Å². The summed E-state index contributed by atoms with van der Waals surface area (Å²) in [7, 11) is 0. The van der Waals surface area contributed by atoms with Gasteiger partial charge in [0, 0.05) is 12.1 Å². The van der Waals surface area contributed by atoms with E-state index in [-0.39, 0.29) is 5.91 Å². The van der Waals surface area contributed by atoms with Crippen molar-refractivity contribution in [2.24, 2.45) is 0 Å². The minimum absolute atomic E-state index is 0.231. The molecule has 5 nitrogen and oxygen atoms in total. The monoisotopic (exact) mass is 274 g/mol. The number of aryl methyl sites for hydroxylation is 1. The SMILES string of the molecule is CCc1ccc(C(=O)NCCOc2ccc(N)cc2)o1. The number of nitrogens with one attached hydrogen (secondary N) is 1. The third-order valence-electron chi connectivity index (χ3n) is 2.77. The first-order valence-electron chi connectivity index (χ1n) is 6.54. The quantitative estimate of drug-likeness (QED) is 0.625. The second-order valence-corrected chi connectivity index (χ2v) is 4.29. The van der Waals surface area contributed by atoms with Gasteiger partial charge in [-0.2, -0.15) is 0 Å². The maximum absolute atomic E-state index is 11.8. The van der Waals surface area contributed by atoms with E-state index in [4.69, 9.17) is 14.9 Å². The molecule has 20 heavy (non-hydrogen) atoms. The molecule has 5 heteroatoms. The van der Waals surface area contributed by atoms with Gasteiger partial charge in [0.15, 0.2) is 5.76 Å². The second-order valence-electron chi connectivity index (χ2n) is 4.29. The third kappa shape index (κ3) is 3.78. The third-order valence-corrected chi connectivity index (χ3v) is 2.77. The molecule has 0 aliphatic carbocycles. The number of ether oxygens (including phenoxy) is 1. The summed E-state index contributed by atoms with van der Waals surface area (Å²) >= 11 is 0. The minimum Gasteiger partial charge on any atom is -0.492 e. The summed E-state index contributed by atoms with van der Waals surface area (Å²) in [4.78, 5) is 11.8. The van der Waals surface area contributed by atoms with Crippen LogP contribution in [0.2, 0.25) is 0 Å². The van der Waals surface area contributed by atoms with Crippen molar-refractivity contribution >= 4 is 11.6 Å². The molecule has 2 aromatic rings. The molecule has 0 atom stereocenters. The molecule has 0 fully saturated rings. The van der Waals surface area contributed by atoms with Gasteiger partial charge in [0.05, 0.1) is 6.54 Å². The van der Waals surface area contributed by atoms with Crippen molar-refractivity contribution in [2.45, 2.75) is 13.3 Å². The fourth-order valence-corrected chi connectivity index (χ4v) is 1.67. The number of furan rings is 1. The van der Waals surface area contributed by atoms with Gasteiger partial charge in [-0.25, -0.2) is 0 Å². The van der Waals surface area contributed by atoms with E-state index < -0.39 is 0 Å². The average Bonchev–Trinajstić information content (AvgIpc) is 2.94. The number of hydrogen-bond donors (Lipinski definition) is 2. The number of amides is 1. The highest BCUT2D eigenvalue weighted by Crippen LogP contribution is 2.12. The number of carbonyl (C=O) groups is 1. The predicted octanol–water partition coefficient (Wildman–Crippen LogP) is 2.23. The molecule has 0 radical (unpaired) electrons. The van der Waals surface area contributed by atoms with Gasteiger partial charge in [-0.15, -0.1) is 0 Å². The molecule has 1 aromatic heterocycles. The Morgan fingerprint density at radius 1 is 1.25 bits per heavy atom. The van der Waals surface area contributed by atoms with Crippen molar-refractivity contribution < 1.29 is 13.9 Å². The zero-order valence-electron chi connectivity index (χ0n) is 11.4. The molecule has 0 unspecified atom stereocenters. The molecule has 0 aliphatic rings. The maximum atomic E-state index is 11.8. The number of hydrogen-bond acceptors (Lipinski definition) is 4. The van der Waals surface area contributed by atoms with Gasteiger partial charge in [-0.1, -0.05) is 6.92 Å². The highest BCUT2D eigenvalue weighted by molar-refractivity contribution is 5.91. The lowest BCUT2D eigenvalue weighted by atomic mass is 10.3. The molecule has 1 heterocycles. The van der Waals surface area contributed by atoms with Crippen molar-refractivity contribution in [3.05, 3.63) is 47.9 Å². The van der Waals surface area contributed by atoms with Crippen molar-refractivity contribution in [2.75, 3.05) is 18.9 Å². The van der Waals surface area contributed by atoms with Gasteiger partial charge in [0.25, 0.3) is 5.91 Å². The first kappa shape index (κ1) is 14.0. The lowest BCUT2D eigenvalue weighted by Gasteiger charge is -2.07. The van der Waals surface area contributed by atoms with E-state index in [2.05, 4.69) is 5.32 Å². The molecule has 1 aromatic carbocycles. The van der Waals surface area contributed by atoms with E-state index in [1.807, 2.05) is 6.92 Å². The lowest BCUT2D eigenvalue weighted by Crippen LogP contribution is -2.27. The van der Waals surface area contributed by atoms with Crippen LogP contribution < -0.4 is 15.8 Å². The standard InChI is InChI=1S/C15H18N2O3/c1-2-12-7-8-14(20-12)15(18)17-9-10-19-13-5-3-11(16)4-6-13/h3-8H,2,9-10,16H2,1H3,(H,17,18). The summed E-state index contributed by atoms with van der Waals surface area (Å²) in [6.07, 6.45) is 0.771. The second kappa shape index (κ2) is 6.65. The van der Waals surface area contributed by atoms with Crippen molar-refractivity contribution in [3.63, 3.8) is 0 Å². The molecule has 0 saturated heterocycles. The van der Waals surface area contributed by atoms with Crippen LogP contribution in [0, 0.1) is 0 Å². The first-order valence-corrected chi connectivity index (χ1v) is 6.54. The summed E-state index contributed by atoms with van der Waals surface area (Å²) in [5, 5.41) is 2.74. The Bertz CT molecular complexity index is 561. The summed E-state index contributed by atoms with van der Waals surface area (Å²) in [5.41, 5.74) is 6.27. The largest absolute Gasteiger partial charge is 0.492 e. The first-order chi connectivity index (χ1) is 9.69. The van der Waals surface area contributed by atoms with Crippen LogP contribution in [0.1, 0.15) is 23.2 Å². The average molecular weight is 274 g/mol. The predicted molar refractivity (Wildman–Crippen MR) is 76.8 cm³/mol. The molecular weight excluding hydrogens is 256 g/mol. The van der Waals surface area contributed by atoms with E-state index in [0.717, 1.165) is 17.9 Å². The zero-order valence-corrected chi connectivity index (χ0v) is 11.4. The molecule has 106 valence electrons. The van der Waals surface area contributed by atoms with Crippen molar-refractivity contribution in [3.8, 4) is 5.75 Å². The number of nitrogens with two attached hydrogens (primary N) is 1. The van der Waals surface area contributed by atoms with Crippen LogP contribution in [0.25, 0.3) is 0 Å². The van der Waals surface area contributed by atoms with E-state index in [9.17, 15) is 4.79 Å². The topological polar surface area (TPSA) is 77.5 Å². The van der Waals surface area contributed by atoms with Gasteiger partial charge in [0.2, 0.25) is 0 Å². The Morgan fingerprint density at radius 2 is 2.00 bits per heavy atom. The Morgan fingerprint density at radius 3 is 2.65 bits per heavy atom. The molecule has 0 bridgehead atoms. The van der Waals surface area contributed by atoms with Gasteiger partial charge in [0.1, 0.15) is 18.1 Å². The normalized spacial score (nSPS) is 10.2. The van der Waals surface area contributed by atoms with Crippen molar-refractivity contribution in [1.82, 2.24) is 5.32 Å². The zero-order chi connectivity index (χ0) is 14.4. The van der Waals surface area contributed by atoms with E-state index >= 15 is 0 Å². The van der Waals surface area contributed by atoms with Crippen LogP contribution in [0.5, 0.6) is 5.75 Å². The highest BCUT2D eigenvalue weighted by atomic mass is 16.5. The number of benzene rings is 1. The number of anilines is 1. The fraction of sp³-hybridized carbons (Fsp3) is 0.267. The van der Waals surface area contributed by atoms with Crippen LogP contribution in [0.15, 0.2) is 40.8 Å². The maximum Gasteiger partial charge on any atom is 0.287 e. The number of carbonyl (C=O) groups excluding carboxylic acids is 1. The number of nitrogen functional groups attached to an aromatic ring is 1. The molecule has 1 amide bonds. The van der Waals surface area contributed by atoms with Gasteiger partial charge >= 0.3 is 0 Å². The Balaban J connectivity index is 1.72. The fourth-order valence-electron chi connectivity index (χ4n) is 1.67. The van der Waals surface area contributed by atoms with Crippen LogP contribution in [0.3, 0.4) is 0 Å². The summed E-state index contributed by atoms with van der Waals surface area (Å²) in [6.45, 7) is 2.77. The highest BCUT2D eigenvalue weighted by Gasteiger charge is 2.09. The summed E-state index contributed by atoms with van der Waals surface area (Å²) < 4.78 is 10.8. The van der Waals surface area contributed by atoms with Crippen LogP contribution in [-0.2, 0) is 6.42 Å². The molecular formula is C15H18N2O3. The Labute approximate surface area is 117 Å². The Hall–Kier alpha value is -2.43. The van der Waals surface area contributed by atoms with E-state index in [1.54, 1.807) is 36.4 Å². The number of rotatable bonds is 6. The van der Waals surface area contributed by atoms with Crippen LogP contribution in [-0.4, -0.2) is 19.1 Å². The lowest BCUT2D eigenvalue weighted by molar-refractivity contribution is 0.0917. The van der Waals surface area contributed by atoms with Gasteiger partial charge in [-0.05, 0) is 36.4 Å².